The minimum Gasteiger partial charge on any atom is -0.491 e. The lowest BCUT2D eigenvalue weighted by atomic mass is 10.1. The van der Waals surface area contributed by atoms with Crippen molar-refractivity contribution >= 4 is 17.7 Å². The fourth-order valence-corrected chi connectivity index (χ4v) is 3.78. The molecule has 0 amide bonds. The van der Waals surface area contributed by atoms with Crippen molar-refractivity contribution in [3.8, 4) is 11.6 Å². The van der Waals surface area contributed by atoms with Crippen LogP contribution in [0, 0.1) is 6.92 Å². The maximum atomic E-state index is 12.9. The number of rotatable bonds is 6. The zero-order valence-corrected chi connectivity index (χ0v) is 19.1. The van der Waals surface area contributed by atoms with Crippen molar-refractivity contribution in [3.05, 3.63) is 65.9 Å². The van der Waals surface area contributed by atoms with Crippen molar-refractivity contribution in [2.24, 2.45) is 0 Å². The zero-order valence-electron chi connectivity index (χ0n) is 18.3. The van der Waals surface area contributed by atoms with Gasteiger partial charge < -0.3 is 9.47 Å². The average molecular weight is 425 g/mol. The third-order valence-electron chi connectivity index (χ3n) is 4.21. The van der Waals surface area contributed by atoms with Gasteiger partial charge in [0.25, 0.3) is 0 Å². The highest BCUT2D eigenvalue weighted by Gasteiger charge is 2.27. The summed E-state index contributed by atoms with van der Waals surface area (Å²) in [7, 11) is 0. The van der Waals surface area contributed by atoms with E-state index in [1.165, 1.54) is 0 Å². The van der Waals surface area contributed by atoms with Crippen LogP contribution in [0.2, 0.25) is 0 Å². The van der Waals surface area contributed by atoms with Crippen molar-refractivity contribution < 1.29 is 14.3 Å². The predicted molar refractivity (Wildman–Crippen MR) is 120 cm³/mol. The van der Waals surface area contributed by atoms with E-state index in [2.05, 4.69) is 5.10 Å². The van der Waals surface area contributed by atoms with Gasteiger partial charge in [-0.15, -0.1) is 0 Å². The molecule has 1 heterocycles. The minimum absolute atomic E-state index is 0.0736. The largest absolute Gasteiger partial charge is 0.491 e. The van der Waals surface area contributed by atoms with E-state index in [1.807, 2.05) is 71.9 Å². The van der Waals surface area contributed by atoms with Gasteiger partial charge in [0.2, 0.25) is 5.88 Å². The van der Waals surface area contributed by atoms with Gasteiger partial charge in [0.05, 0.1) is 27.8 Å². The Morgan fingerprint density at radius 2 is 1.67 bits per heavy atom. The fraction of sp³-hybridized carbons (Fsp3) is 0.333. The third kappa shape index (κ3) is 5.25. The molecule has 0 atom stereocenters. The topological polar surface area (TPSA) is 53.4 Å². The molecule has 0 aliphatic carbocycles. The van der Waals surface area contributed by atoms with Gasteiger partial charge in [-0.1, -0.05) is 30.0 Å². The first-order valence-corrected chi connectivity index (χ1v) is 10.8. The van der Waals surface area contributed by atoms with Gasteiger partial charge in [0.1, 0.15) is 5.75 Å². The van der Waals surface area contributed by atoms with Crippen LogP contribution in [0.5, 0.6) is 11.6 Å². The lowest BCUT2D eigenvalue weighted by Gasteiger charge is -2.22. The van der Waals surface area contributed by atoms with Crippen LogP contribution in [0.4, 0.5) is 0 Å². The predicted octanol–water partition coefficient (Wildman–Crippen LogP) is 6.10. The van der Waals surface area contributed by atoms with Gasteiger partial charge >= 0.3 is 5.97 Å². The van der Waals surface area contributed by atoms with Crippen LogP contribution in [0.25, 0.3) is 0 Å². The molecule has 2 aromatic carbocycles. The Morgan fingerprint density at radius 1 is 1.03 bits per heavy atom. The highest BCUT2D eigenvalue weighted by atomic mass is 32.2. The van der Waals surface area contributed by atoms with E-state index < -0.39 is 5.97 Å². The molecule has 0 unspecified atom stereocenters. The number of aromatic nitrogens is 2. The van der Waals surface area contributed by atoms with Gasteiger partial charge in [-0.05, 0) is 77.9 Å². The van der Waals surface area contributed by atoms with Crippen LogP contribution < -0.4 is 9.47 Å². The molecule has 0 radical (unpaired) electrons. The monoisotopic (exact) mass is 424 g/mol. The Balaban J connectivity index is 1.92. The summed E-state index contributed by atoms with van der Waals surface area (Å²) in [5.74, 6) is 0.755. The molecule has 3 aromatic rings. The van der Waals surface area contributed by atoms with Gasteiger partial charge in [-0.2, -0.15) is 5.10 Å². The van der Waals surface area contributed by atoms with Gasteiger partial charge in [-0.25, -0.2) is 9.48 Å². The SMILES string of the molecule is Cc1nn(C(C)(C)C)c(OC(=O)c2ccc(OC(C)C)cc2)c1Sc1ccccc1. The van der Waals surface area contributed by atoms with Crippen molar-refractivity contribution in [2.45, 2.75) is 63.0 Å². The Labute approximate surface area is 182 Å². The van der Waals surface area contributed by atoms with Crippen molar-refractivity contribution in [1.29, 1.82) is 0 Å². The number of hydrogen-bond acceptors (Lipinski definition) is 5. The average Bonchev–Trinajstić information content (AvgIpc) is 2.99. The highest BCUT2D eigenvalue weighted by molar-refractivity contribution is 7.99. The first-order valence-electron chi connectivity index (χ1n) is 9.97. The summed E-state index contributed by atoms with van der Waals surface area (Å²) in [5, 5.41) is 4.67. The van der Waals surface area contributed by atoms with E-state index >= 15 is 0 Å². The lowest BCUT2D eigenvalue weighted by molar-refractivity contribution is 0.0704. The van der Waals surface area contributed by atoms with Crippen molar-refractivity contribution in [1.82, 2.24) is 9.78 Å². The smallest absolute Gasteiger partial charge is 0.344 e. The van der Waals surface area contributed by atoms with Crippen molar-refractivity contribution in [2.75, 3.05) is 0 Å². The molecule has 1 aromatic heterocycles. The van der Waals surface area contributed by atoms with Gasteiger partial charge in [0, 0.05) is 4.90 Å². The number of benzene rings is 2. The summed E-state index contributed by atoms with van der Waals surface area (Å²) >= 11 is 1.54. The molecule has 0 aliphatic rings. The van der Waals surface area contributed by atoms with E-state index in [4.69, 9.17) is 9.47 Å². The first-order chi connectivity index (χ1) is 14.1. The molecule has 0 spiro atoms. The normalized spacial score (nSPS) is 11.6. The molecule has 0 fully saturated rings. The summed E-state index contributed by atoms with van der Waals surface area (Å²) in [6, 6.07) is 17.0. The molecule has 3 rings (SSSR count). The van der Waals surface area contributed by atoms with Crippen LogP contribution in [0.3, 0.4) is 0 Å². The summed E-state index contributed by atoms with van der Waals surface area (Å²) < 4.78 is 13.3. The molecular formula is C24H28N2O3S. The third-order valence-corrected chi connectivity index (χ3v) is 5.40. The molecule has 158 valence electrons. The van der Waals surface area contributed by atoms with Crippen LogP contribution in [-0.4, -0.2) is 21.9 Å². The minimum atomic E-state index is -0.425. The van der Waals surface area contributed by atoms with E-state index in [1.54, 1.807) is 40.7 Å². The van der Waals surface area contributed by atoms with E-state index in [0.717, 1.165) is 21.2 Å². The summed E-state index contributed by atoms with van der Waals surface area (Å²) in [6.45, 7) is 12.0. The maximum absolute atomic E-state index is 12.9. The number of carbonyl (C=O) groups excluding carboxylic acids is 1. The van der Waals surface area contributed by atoms with Gasteiger partial charge in [-0.3, -0.25) is 0 Å². The second kappa shape index (κ2) is 8.96. The Kier molecular flexibility index (Phi) is 6.56. The summed E-state index contributed by atoms with van der Waals surface area (Å²) in [6.07, 6.45) is 0.0736. The number of nitrogens with zero attached hydrogens (tertiary/aromatic N) is 2. The van der Waals surface area contributed by atoms with Crippen LogP contribution in [0.15, 0.2) is 64.4 Å². The first kappa shape index (κ1) is 22.0. The van der Waals surface area contributed by atoms with Gasteiger partial charge in [0.15, 0.2) is 0 Å². The fourth-order valence-electron chi connectivity index (χ4n) is 2.85. The number of carbonyl (C=O) groups is 1. The Morgan fingerprint density at radius 3 is 2.23 bits per heavy atom. The molecule has 6 heteroatoms. The molecule has 0 bridgehead atoms. The standard InChI is InChI=1S/C24H28N2O3S/c1-16(2)28-19-14-12-18(13-15-19)23(27)29-22-21(30-20-10-8-7-9-11-20)17(3)25-26(22)24(4,5)6/h7-16H,1-6H3. The summed E-state index contributed by atoms with van der Waals surface area (Å²) in [4.78, 5) is 14.8. The lowest BCUT2D eigenvalue weighted by Crippen LogP contribution is -2.25. The molecule has 5 nitrogen and oxygen atoms in total. The molecule has 30 heavy (non-hydrogen) atoms. The molecule has 0 aliphatic heterocycles. The van der Waals surface area contributed by atoms with E-state index in [-0.39, 0.29) is 11.6 Å². The second-order valence-corrected chi connectivity index (χ2v) is 9.38. The molecular weight excluding hydrogens is 396 g/mol. The quantitative estimate of drug-likeness (QED) is 0.447. The number of hydrogen-bond donors (Lipinski definition) is 0. The Hall–Kier alpha value is -2.73. The highest BCUT2D eigenvalue weighted by Crippen LogP contribution is 2.40. The van der Waals surface area contributed by atoms with Crippen molar-refractivity contribution in [3.63, 3.8) is 0 Å². The zero-order chi connectivity index (χ0) is 21.9. The van der Waals surface area contributed by atoms with E-state index in [0.29, 0.717) is 11.4 Å². The molecule has 0 N–H and O–H groups in total. The van der Waals surface area contributed by atoms with Crippen LogP contribution >= 0.6 is 11.8 Å². The number of aryl methyl sites for hydroxylation is 1. The second-order valence-electron chi connectivity index (χ2n) is 8.30. The molecule has 0 saturated heterocycles. The van der Waals surface area contributed by atoms with Crippen LogP contribution in [0.1, 0.15) is 50.7 Å². The summed E-state index contributed by atoms with van der Waals surface area (Å²) in [5.41, 5.74) is 0.938. The van der Waals surface area contributed by atoms with E-state index in [9.17, 15) is 4.79 Å². The number of ether oxygens (including phenoxy) is 2. The Bertz CT molecular complexity index is 1000. The molecule has 0 saturated carbocycles. The van der Waals surface area contributed by atoms with Crippen LogP contribution in [-0.2, 0) is 5.54 Å². The maximum Gasteiger partial charge on any atom is 0.344 e. The number of esters is 1.